The van der Waals surface area contributed by atoms with Gasteiger partial charge in [-0.3, -0.25) is 14.4 Å². The van der Waals surface area contributed by atoms with Gasteiger partial charge in [0.05, 0.1) is 0 Å². The second-order valence-electron chi connectivity index (χ2n) is 13.3. The number of aliphatic carboxylic acids is 1. The van der Waals surface area contributed by atoms with E-state index in [1.54, 1.807) is 6.08 Å². The summed E-state index contributed by atoms with van der Waals surface area (Å²) < 4.78 is 0. The van der Waals surface area contributed by atoms with Crippen LogP contribution < -0.4 is 0 Å². The first-order valence-electron chi connectivity index (χ1n) is 13.0. The Labute approximate surface area is 199 Å². The number of likely N-dealkylation sites (tertiary alicyclic amines) is 1. The molecule has 3 aliphatic carbocycles. The summed E-state index contributed by atoms with van der Waals surface area (Å²) in [5.41, 5.74) is 0.598. The first kappa shape index (κ1) is 24.5. The van der Waals surface area contributed by atoms with Crippen molar-refractivity contribution in [3.63, 3.8) is 0 Å². The summed E-state index contributed by atoms with van der Waals surface area (Å²) in [7, 11) is 0. The van der Waals surface area contributed by atoms with Crippen LogP contribution in [0, 0.1) is 46.3 Å². The average molecular weight is 458 g/mol. The molecule has 1 heterocycles. The molecular weight excluding hydrogens is 414 g/mol. The molecule has 2 saturated carbocycles. The lowest BCUT2D eigenvalue weighted by molar-refractivity contribution is -0.152. The molecule has 33 heavy (non-hydrogen) atoms. The number of piperidine rings is 1. The van der Waals surface area contributed by atoms with Crippen molar-refractivity contribution in [3.05, 3.63) is 11.8 Å². The number of carboxylic acid groups (broad SMARTS) is 1. The molecule has 0 radical (unpaired) electrons. The number of fused-ring (bicyclic) bond motifs is 5. The molecular formula is C28H43NO4. The summed E-state index contributed by atoms with van der Waals surface area (Å²) in [6.45, 7) is 16.3. The predicted octanol–water partition coefficient (Wildman–Crippen LogP) is 5.34. The number of carboxylic acids is 1. The van der Waals surface area contributed by atoms with Crippen molar-refractivity contribution in [1.82, 2.24) is 4.90 Å². The van der Waals surface area contributed by atoms with Gasteiger partial charge in [0.2, 0.25) is 0 Å². The van der Waals surface area contributed by atoms with E-state index in [0.717, 1.165) is 37.9 Å². The molecule has 5 heteroatoms. The van der Waals surface area contributed by atoms with Crippen LogP contribution in [-0.4, -0.2) is 39.6 Å². The van der Waals surface area contributed by atoms with Gasteiger partial charge >= 0.3 is 5.97 Å². The van der Waals surface area contributed by atoms with Crippen molar-refractivity contribution in [3.8, 4) is 0 Å². The Morgan fingerprint density at radius 3 is 2.39 bits per heavy atom. The molecule has 184 valence electrons. The number of nitrogens with zero attached hydrogens (tertiary/aromatic N) is 1. The molecule has 3 fully saturated rings. The number of hydrogen-bond acceptors (Lipinski definition) is 4. The minimum Gasteiger partial charge on any atom is -0.481 e. The van der Waals surface area contributed by atoms with Crippen LogP contribution in [0.1, 0.15) is 87.0 Å². The first-order chi connectivity index (χ1) is 15.2. The van der Waals surface area contributed by atoms with E-state index in [1.807, 2.05) is 0 Å². The quantitative estimate of drug-likeness (QED) is 0.577. The third kappa shape index (κ3) is 3.78. The highest BCUT2D eigenvalue weighted by Crippen LogP contribution is 2.66. The zero-order valence-corrected chi connectivity index (χ0v) is 21.6. The van der Waals surface area contributed by atoms with Gasteiger partial charge in [0.15, 0.2) is 5.78 Å². The lowest BCUT2D eigenvalue weighted by Gasteiger charge is -2.63. The van der Waals surface area contributed by atoms with Gasteiger partial charge in [0.25, 0.3) is 0 Å². The van der Waals surface area contributed by atoms with Crippen LogP contribution in [0.3, 0.4) is 0 Å². The smallest absolute Gasteiger partial charge is 0.314 e. The maximum absolute atomic E-state index is 13.2. The molecule has 4 rings (SSSR count). The van der Waals surface area contributed by atoms with Crippen molar-refractivity contribution in [1.29, 1.82) is 0 Å². The Morgan fingerprint density at radius 1 is 1.15 bits per heavy atom. The van der Waals surface area contributed by atoms with Gasteiger partial charge in [0.1, 0.15) is 11.7 Å². The van der Waals surface area contributed by atoms with Crippen LogP contribution in [0.5, 0.6) is 0 Å². The summed E-state index contributed by atoms with van der Waals surface area (Å²) in [4.78, 5) is 40.4. The van der Waals surface area contributed by atoms with Crippen LogP contribution >= 0.6 is 0 Å². The number of rotatable bonds is 4. The summed E-state index contributed by atoms with van der Waals surface area (Å²) in [5.74, 6) is 0.0283. The summed E-state index contributed by atoms with van der Waals surface area (Å²) in [6, 6.07) is 0. The van der Waals surface area contributed by atoms with Gasteiger partial charge in [-0.15, -0.1) is 0 Å². The number of carbonyl (C=O) groups excluding carboxylic acids is 2. The Bertz CT molecular complexity index is 883. The molecule has 1 unspecified atom stereocenters. The molecule has 0 bridgehead atoms. The van der Waals surface area contributed by atoms with Gasteiger partial charge in [-0.25, -0.2) is 0 Å². The molecule has 1 N–H and O–H groups in total. The number of carbonyl (C=O) groups is 3. The normalized spacial score (nSPS) is 40.7. The maximum Gasteiger partial charge on any atom is 0.314 e. The highest BCUT2D eigenvalue weighted by atomic mass is 16.4. The van der Waals surface area contributed by atoms with Crippen molar-refractivity contribution in [2.75, 3.05) is 6.54 Å². The lowest BCUT2D eigenvalue weighted by Crippen LogP contribution is -2.62. The fourth-order valence-electron chi connectivity index (χ4n) is 8.32. The van der Waals surface area contributed by atoms with Crippen LogP contribution in [0.25, 0.3) is 0 Å². The van der Waals surface area contributed by atoms with E-state index >= 15 is 0 Å². The van der Waals surface area contributed by atoms with Crippen molar-refractivity contribution >= 4 is 17.5 Å². The van der Waals surface area contributed by atoms with E-state index in [9.17, 15) is 19.5 Å². The van der Waals surface area contributed by atoms with Gasteiger partial charge in [-0.05, 0) is 82.0 Å². The van der Waals surface area contributed by atoms with E-state index < -0.39 is 11.9 Å². The highest BCUT2D eigenvalue weighted by Gasteiger charge is 2.63. The van der Waals surface area contributed by atoms with Crippen LogP contribution in [0.2, 0.25) is 0 Å². The summed E-state index contributed by atoms with van der Waals surface area (Å²) in [5, 5.41) is 9.79. The zero-order chi connectivity index (χ0) is 24.5. The molecule has 5 nitrogen and oxygen atoms in total. The molecule has 4 aliphatic rings. The lowest BCUT2D eigenvalue weighted by atomic mass is 9.48. The second kappa shape index (κ2) is 7.95. The van der Waals surface area contributed by atoms with Gasteiger partial charge in [0, 0.05) is 41.6 Å². The fraction of sp³-hybridized carbons (Fsp3) is 0.821. The van der Waals surface area contributed by atoms with Gasteiger partial charge < -0.3 is 10.0 Å². The Kier molecular flexibility index (Phi) is 5.90. The minimum atomic E-state index is -0.998. The van der Waals surface area contributed by atoms with E-state index in [4.69, 9.17) is 0 Å². The Hall–Kier alpha value is -1.65. The number of Topliss-reactive ketones (excluding diaryl/α,β-unsaturated/α-hetero) is 1. The van der Waals surface area contributed by atoms with Gasteiger partial charge in [-0.2, -0.15) is 0 Å². The molecule has 0 amide bonds. The Morgan fingerprint density at radius 2 is 1.82 bits per heavy atom. The fourth-order valence-corrected chi connectivity index (χ4v) is 8.32. The second-order valence-corrected chi connectivity index (χ2v) is 13.3. The SMILES string of the molecule is CC(C)CC(=O)[C@H]1CC[C@H]2[C@@H]3CN(C(C)(C)C)C4=CC(=O)C(C(=O)O)C[C@]4(C)[C@H]3CC[C@]12C. The predicted molar refractivity (Wildman–Crippen MR) is 128 cm³/mol. The van der Waals surface area contributed by atoms with E-state index in [-0.39, 0.29) is 28.1 Å². The number of allylic oxidation sites excluding steroid dienone is 2. The molecule has 1 aliphatic heterocycles. The summed E-state index contributed by atoms with van der Waals surface area (Å²) in [6.07, 6.45) is 6.83. The van der Waals surface area contributed by atoms with Crippen molar-refractivity contribution in [2.45, 2.75) is 92.5 Å². The molecule has 0 spiro atoms. The maximum atomic E-state index is 13.2. The Balaban J connectivity index is 1.74. The van der Waals surface area contributed by atoms with E-state index in [1.165, 1.54) is 0 Å². The third-order valence-electron chi connectivity index (χ3n) is 9.88. The molecule has 0 aromatic heterocycles. The standard InChI is InChI=1S/C28H43NO4/c1-16(2)12-23(31)21-9-8-19-18-15-29(26(3,4)5)24-13-22(30)17(25(32)33)14-28(24,7)20(18)10-11-27(19,21)6/h13,16-21H,8-12,14-15H2,1-7H3,(H,32,33)/t17?,18-,19-,20-,21+,27-,28+/m0/s1. The monoisotopic (exact) mass is 457 g/mol. The highest BCUT2D eigenvalue weighted by molar-refractivity contribution is 6.05. The van der Waals surface area contributed by atoms with E-state index in [0.29, 0.717) is 42.3 Å². The van der Waals surface area contributed by atoms with Crippen molar-refractivity contribution in [2.24, 2.45) is 46.3 Å². The topological polar surface area (TPSA) is 74.7 Å². The molecule has 0 aromatic rings. The van der Waals surface area contributed by atoms with E-state index in [2.05, 4.69) is 53.4 Å². The molecule has 7 atom stereocenters. The third-order valence-corrected chi connectivity index (χ3v) is 9.88. The molecule has 0 aromatic carbocycles. The van der Waals surface area contributed by atoms with Gasteiger partial charge in [-0.1, -0.05) is 27.7 Å². The summed E-state index contributed by atoms with van der Waals surface area (Å²) >= 11 is 0. The largest absolute Gasteiger partial charge is 0.481 e. The van der Waals surface area contributed by atoms with Crippen LogP contribution in [0.15, 0.2) is 11.8 Å². The first-order valence-corrected chi connectivity index (χ1v) is 13.0. The van der Waals surface area contributed by atoms with Crippen LogP contribution in [-0.2, 0) is 14.4 Å². The average Bonchev–Trinajstić information content (AvgIpc) is 3.03. The van der Waals surface area contributed by atoms with Crippen molar-refractivity contribution < 1.29 is 19.5 Å². The number of ketones is 2. The van der Waals surface area contributed by atoms with Crippen LogP contribution in [0.4, 0.5) is 0 Å². The molecule has 1 saturated heterocycles. The number of hydrogen-bond donors (Lipinski definition) is 1. The minimum absolute atomic E-state index is 0.0327. The zero-order valence-electron chi connectivity index (χ0n) is 21.6.